The lowest BCUT2D eigenvalue weighted by atomic mass is 9.71. The van der Waals surface area contributed by atoms with Gasteiger partial charge in [-0.3, -0.25) is 9.59 Å². The van der Waals surface area contributed by atoms with E-state index < -0.39 is 5.97 Å². The van der Waals surface area contributed by atoms with Crippen LogP contribution in [0.3, 0.4) is 0 Å². The van der Waals surface area contributed by atoms with Gasteiger partial charge in [-0.05, 0) is 37.5 Å². The third-order valence-electron chi connectivity index (χ3n) is 3.89. The van der Waals surface area contributed by atoms with E-state index in [-0.39, 0.29) is 5.92 Å². The fourth-order valence-corrected chi connectivity index (χ4v) is 2.96. The number of piperidine rings is 1. The van der Waals surface area contributed by atoms with Crippen LogP contribution in [-0.2, 0) is 9.59 Å². The van der Waals surface area contributed by atoms with Crippen molar-refractivity contribution in [2.24, 2.45) is 17.8 Å². The number of likely N-dealkylation sites (tertiary alicyclic amines) is 1. The van der Waals surface area contributed by atoms with Crippen LogP contribution in [0.15, 0.2) is 0 Å². The molecule has 84 valence electrons. The van der Waals surface area contributed by atoms with Gasteiger partial charge in [-0.15, -0.1) is 0 Å². The average Bonchev–Trinajstić information content (AvgIpc) is 2.27. The van der Waals surface area contributed by atoms with E-state index in [2.05, 4.69) is 0 Å². The third-order valence-corrected chi connectivity index (χ3v) is 3.89. The van der Waals surface area contributed by atoms with Crippen LogP contribution in [0.4, 0.5) is 0 Å². The number of rotatable bonds is 2. The van der Waals surface area contributed by atoms with Crippen LogP contribution in [0, 0.1) is 17.8 Å². The molecule has 0 spiro atoms. The summed E-state index contributed by atoms with van der Waals surface area (Å²) in [6.45, 7) is 1.64. The molecule has 2 fully saturated rings. The van der Waals surface area contributed by atoms with E-state index in [0.29, 0.717) is 11.8 Å². The van der Waals surface area contributed by atoms with Crippen LogP contribution >= 0.6 is 0 Å². The summed E-state index contributed by atoms with van der Waals surface area (Å²) in [7, 11) is 0. The van der Waals surface area contributed by atoms with Gasteiger partial charge in [0.25, 0.3) is 0 Å². The van der Waals surface area contributed by atoms with Crippen molar-refractivity contribution in [2.75, 3.05) is 13.1 Å². The topological polar surface area (TPSA) is 57.6 Å². The quantitative estimate of drug-likeness (QED) is 0.692. The molecule has 0 aromatic carbocycles. The zero-order valence-corrected chi connectivity index (χ0v) is 8.76. The molecular weight excluding hydrogens is 194 g/mol. The minimum Gasteiger partial charge on any atom is -0.481 e. The fourth-order valence-electron chi connectivity index (χ4n) is 2.96. The monoisotopic (exact) mass is 211 g/mol. The lowest BCUT2D eigenvalue weighted by Crippen LogP contribution is -2.43. The van der Waals surface area contributed by atoms with Crippen LogP contribution in [0.25, 0.3) is 0 Å². The highest BCUT2D eigenvalue weighted by Gasteiger charge is 2.36. The second-order valence-electron chi connectivity index (χ2n) is 4.76. The van der Waals surface area contributed by atoms with Gasteiger partial charge < -0.3 is 10.0 Å². The van der Waals surface area contributed by atoms with Gasteiger partial charge in [0, 0.05) is 13.1 Å². The summed E-state index contributed by atoms with van der Waals surface area (Å²) in [5.74, 6) is 0.274. The number of carbonyl (C=O) groups is 2. The van der Waals surface area contributed by atoms with Crippen molar-refractivity contribution in [1.29, 1.82) is 0 Å². The minimum atomic E-state index is -0.647. The van der Waals surface area contributed by atoms with E-state index in [1.165, 1.54) is 0 Å². The molecule has 1 N–H and O–H groups in total. The van der Waals surface area contributed by atoms with Gasteiger partial charge in [-0.1, -0.05) is 0 Å². The molecule has 1 saturated carbocycles. The number of amides is 1. The Balaban J connectivity index is 1.94. The van der Waals surface area contributed by atoms with Crippen LogP contribution in [0.1, 0.15) is 25.7 Å². The molecular formula is C11H17NO3. The molecule has 0 aromatic rings. The molecule has 4 heteroatoms. The number of hydrogen-bond acceptors (Lipinski definition) is 2. The zero-order chi connectivity index (χ0) is 10.8. The molecule has 1 aliphatic heterocycles. The Morgan fingerprint density at radius 2 is 2.07 bits per heavy atom. The van der Waals surface area contributed by atoms with Crippen molar-refractivity contribution in [3.05, 3.63) is 0 Å². The first-order chi connectivity index (χ1) is 7.20. The summed E-state index contributed by atoms with van der Waals surface area (Å²) < 4.78 is 0. The van der Waals surface area contributed by atoms with Gasteiger partial charge >= 0.3 is 5.97 Å². The smallest absolute Gasteiger partial charge is 0.306 e. The van der Waals surface area contributed by atoms with Crippen molar-refractivity contribution in [1.82, 2.24) is 4.90 Å². The van der Waals surface area contributed by atoms with E-state index >= 15 is 0 Å². The average molecular weight is 211 g/mol. The first kappa shape index (κ1) is 10.5. The Morgan fingerprint density at radius 1 is 1.27 bits per heavy atom. The summed E-state index contributed by atoms with van der Waals surface area (Å²) in [6, 6.07) is 0. The normalized spacial score (nSPS) is 35.7. The molecule has 3 unspecified atom stereocenters. The van der Waals surface area contributed by atoms with Crippen LogP contribution in [-0.4, -0.2) is 35.5 Å². The first-order valence-electron chi connectivity index (χ1n) is 5.63. The molecule has 1 amide bonds. The Bertz CT molecular complexity index is 267. The maximum absolute atomic E-state index is 10.9. The van der Waals surface area contributed by atoms with Crippen LogP contribution < -0.4 is 0 Å². The maximum Gasteiger partial charge on any atom is 0.306 e. The summed E-state index contributed by atoms with van der Waals surface area (Å²) >= 11 is 0. The van der Waals surface area contributed by atoms with Gasteiger partial charge in [-0.2, -0.15) is 0 Å². The minimum absolute atomic E-state index is 0.144. The predicted molar refractivity (Wildman–Crippen MR) is 54.2 cm³/mol. The standard InChI is InChI=1S/C11H17NO3/c13-7-12-4-3-8-5-9(11(14)15)1-2-10(8)6-12/h7-10H,1-6H2,(H,14,15). The number of carbonyl (C=O) groups excluding carboxylic acids is 1. The number of carboxylic acids is 1. The van der Waals surface area contributed by atoms with Crippen molar-refractivity contribution in [3.8, 4) is 0 Å². The van der Waals surface area contributed by atoms with Crippen molar-refractivity contribution < 1.29 is 14.7 Å². The molecule has 0 bridgehead atoms. The van der Waals surface area contributed by atoms with Gasteiger partial charge in [0.1, 0.15) is 0 Å². The van der Waals surface area contributed by atoms with Crippen LogP contribution in [0.2, 0.25) is 0 Å². The number of carboxylic acid groups (broad SMARTS) is 1. The number of fused-ring (bicyclic) bond motifs is 1. The lowest BCUT2D eigenvalue weighted by Gasteiger charge is -2.41. The van der Waals surface area contributed by atoms with Crippen molar-refractivity contribution >= 4 is 12.4 Å². The van der Waals surface area contributed by atoms with Gasteiger partial charge in [0.15, 0.2) is 0 Å². The molecule has 15 heavy (non-hydrogen) atoms. The molecule has 0 radical (unpaired) electrons. The van der Waals surface area contributed by atoms with Crippen LogP contribution in [0.5, 0.6) is 0 Å². The molecule has 0 aromatic heterocycles. The number of nitrogens with zero attached hydrogens (tertiary/aromatic N) is 1. The summed E-state index contributed by atoms with van der Waals surface area (Å²) in [4.78, 5) is 23.3. The van der Waals surface area contributed by atoms with Gasteiger partial charge in [0.05, 0.1) is 5.92 Å². The van der Waals surface area contributed by atoms with E-state index in [1.54, 1.807) is 0 Å². The molecule has 1 aliphatic carbocycles. The highest BCUT2D eigenvalue weighted by atomic mass is 16.4. The largest absolute Gasteiger partial charge is 0.481 e. The fraction of sp³-hybridized carbons (Fsp3) is 0.818. The Hall–Kier alpha value is -1.06. The second kappa shape index (κ2) is 4.21. The van der Waals surface area contributed by atoms with E-state index in [1.807, 2.05) is 4.90 Å². The maximum atomic E-state index is 10.9. The van der Waals surface area contributed by atoms with Crippen molar-refractivity contribution in [3.63, 3.8) is 0 Å². The van der Waals surface area contributed by atoms with E-state index in [0.717, 1.165) is 45.2 Å². The summed E-state index contributed by atoms with van der Waals surface area (Å²) in [5.41, 5.74) is 0. The second-order valence-corrected chi connectivity index (χ2v) is 4.76. The van der Waals surface area contributed by atoms with Gasteiger partial charge in [-0.25, -0.2) is 0 Å². The van der Waals surface area contributed by atoms with Gasteiger partial charge in [0.2, 0.25) is 6.41 Å². The number of aliphatic carboxylic acids is 1. The Labute approximate surface area is 89.3 Å². The molecule has 3 atom stereocenters. The highest BCUT2D eigenvalue weighted by Crippen LogP contribution is 2.38. The predicted octanol–water partition coefficient (Wildman–Crippen LogP) is 0.966. The first-order valence-corrected chi connectivity index (χ1v) is 5.63. The molecule has 4 nitrogen and oxygen atoms in total. The molecule has 1 heterocycles. The highest BCUT2D eigenvalue weighted by molar-refractivity contribution is 5.70. The molecule has 2 aliphatic rings. The zero-order valence-electron chi connectivity index (χ0n) is 8.76. The molecule has 2 rings (SSSR count). The summed E-state index contributed by atoms with van der Waals surface area (Å²) in [6.07, 6.45) is 4.45. The molecule has 1 saturated heterocycles. The third kappa shape index (κ3) is 2.13. The summed E-state index contributed by atoms with van der Waals surface area (Å²) in [5, 5.41) is 8.96. The van der Waals surface area contributed by atoms with E-state index in [4.69, 9.17) is 5.11 Å². The van der Waals surface area contributed by atoms with E-state index in [9.17, 15) is 9.59 Å². The number of hydrogen-bond donors (Lipinski definition) is 1. The Morgan fingerprint density at radius 3 is 2.73 bits per heavy atom. The SMILES string of the molecule is O=CN1CCC2CC(C(=O)O)CCC2C1. The Kier molecular flexibility index (Phi) is 2.93. The van der Waals surface area contributed by atoms with Crippen molar-refractivity contribution in [2.45, 2.75) is 25.7 Å². The lowest BCUT2D eigenvalue weighted by molar-refractivity contribution is -0.144.